The highest BCUT2D eigenvalue weighted by molar-refractivity contribution is 7.15. The van der Waals surface area contributed by atoms with Crippen LogP contribution in [0, 0.1) is 0 Å². The Bertz CT molecular complexity index is 1150. The number of carbonyl (C=O) groups is 1. The molecule has 0 bridgehead atoms. The van der Waals surface area contributed by atoms with E-state index in [1.807, 2.05) is 53.7 Å². The van der Waals surface area contributed by atoms with Gasteiger partial charge in [-0.2, -0.15) is 0 Å². The summed E-state index contributed by atoms with van der Waals surface area (Å²) in [5.41, 5.74) is 4.59. The smallest absolute Gasteiger partial charge is 0.322 e. The second kappa shape index (κ2) is 9.42. The zero-order valence-electron chi connectivity index (χ0n) is 17.9. The maximum absolute atomic E-state index is 13.1. The number of rotatable bonds is 5. The zero-order chi connectivity index (χ0) is 21.8. The van der Waals surface area contributed by atoms with E-state index in [1.165, 1.54) is 5.56 Å². The van der Waals surface area contributed by atoms with Crippen LogP contribution in [-0.4, -0.2) is 46.6 Å². The van der Waals surface area contributed by atoms with Crippen molar-refractivity contribution in [1.29, 1.82) is 0 Å². The van der Waals surface area contributed by atoms with Gasteiger partial charge in [0.05, 0.1) is 5.69 Å². The van der Waals surface area contributed by atoms with E-state index in [2.05, 4.69) is 56.6 Å². The molecule has 0 saturated carbocycles. The average Bonchev–Trinajstić information content (AvgIpc) is 3.51. The summed E-state index contributed by atoms with van der Waals surface area (Å²) in [5, 5.41) is 6.18. The van der Waals surface area contributed by atoms with Gasteiger partial charge < -0.3 is 9.47 Å². The van der Waals surface area contributed by atoms with Crippen LogP contribution in [0.5, 0.6) is 0 Å². The number of carbonyl (C=O) groups excluding carboxylic acids is 1. The minimum atomic E-state index is -0.0285. The Labute approximate surface area is 192 Å². The Morgan fingerprint density at radius 1 is 0.844 bits per heavy atom. The largest absolute Gasteiger partial charge is 0.322 e. The van der Waals surface area contributed by atoms with Gasteiger partial charge in [-0.05, 0) is 23.3 Å². The minimum Gasteiger partial charge on any atom is -0.322 e. The molecule has 0 radical (unpaired) electrons. The molecule has 2 aromatic heterocycles. The summed E-state index contributed by atoms with van der Waals surface area (Å²) < 4.78 is 2.08. The zero-order valence-corrected chi connectivity index (χ0v) is 18.7. The first-order valence-electron chi connectivity index (χ1n) is 10.9. The van der Waals surface area contributed by atoms with Crippen LogP contribution in [-0.2, 0) is 6.54 Å². The highest BCUT2D eigenvalue weighted by atomic mass is 32.1. The maximum Gasteiger partial charge on any atom is 0.322 e. The normalized spacial score (nSPS) is 14.4. The number of hydrogen-bond donors (Lipinski definition) is 1. The number of aromatic nitrogens is 1. The monoisotopic (exact) mass is 442 g/mol. The summed E-state index contributed by atoms with van der Waals surface area (Å²) in [4.78, 5) is 17.4. The van der Waals surface area contributed by atoms with Crippen LogP contribution in [0.4, 0.5) is 9.80 Å². The third-order valence-corrected chi connectivity index (χ3v) is 6.73. The molecular formula is C26H26N4OS. The Kier molecular flexibility index (Phi) is 6.05. The first-order chi connectivity index (χ1) is 15.8. The van der Waals surface area contributed by atoms with Crippen molar-refractivity contribution in [2.24, 2.45) is 0 Å². The Morgan fingerprint density at radius 2 is 1.50 bits per heavy atom. The lowest BCUT2D eigenvalue weighted by Gasteiger charge is -2.34. The van der Waals surface area contributed by atoms with Crippen molar-refractivity contribution in [1.82, 2.24) is 14.4 Å². The van der Waals surface area contributed by atoms with Gasteiger partial charge in [-0.1, -0.05) is 60.7 Å². The van der Waals surface area contributed by atoms with Crippen LogP contribution in [0.15, 0.2) is 90.6 Å². The fraction of sp³-hybridized carbons (Fsp3) is 0.192. The average molecular weight is 443 g/mol. The van der Waals surface area contributed by atoms with Gasteiger partial charge in [0.1, 0.15) is 5.00 Å². The van der Waals surface area contributed by atoms with Gasteiger partial charge in [-0.25, -0.2) is 4.79 Å². The summed E-state index contributed by atoms with van der Waals surface area (Å²) in [6.07, 6.45) is 4.04. The van der Waals surface area contributed by atoms with Gasteiger partial charge >= 0.3 is 6.03 Å². The van der Waals surface area contributed by atoms with E-state index >= 15 is 0 Å². The molecule has 0 unspecified atom stereocenters. The second-order valence-corrected chi connectivity index (χ2v) is 8.84. The van der Waals surface area contributed by atoms with E-state index in [0.29, 0.717) is 0 Å². The second-order valence-electron chi connectivity index (χ2n) is 7.96. The SMILES string of the molecule is O=C(Nc1scc(-c2ccccc2)c1-n1cccc1)N1CCN(Cc2ccccc2)CC1. The van der Waals surface area contributed by atoms with Gasteiger partial charge in [-0.15, -0.1) is 11.3 Å². The molecule has 0 spiro atoms. The van der Waals surface area contributed by atoms with Crippen LogP contribution in [0.3, 0.4) is 0 Å². The summed E-state index contributed by atoms with van der Waals surface area (Å²) >= 11 is 1.57. The lowest BCUT2D eigenvalue weighted by atomic mass is 10.1. The summed E-state index contributed by atoms with van der Waals surface area (Å²) in [7, 11) is 0. The lowest BCUT2D eigenvalue weighted by molar-refractivity contribution is 0.143. The van der Waals surface area contributed by atoms with Crippen LogP contribution >= 0.6 is 11.3 Å². The number of thiophene rings is 1. The molecule has 2 aromatic carbocycles. The fourth-order valence-electron chi connectivity index (χ4n) is 4.13. The molecule has 1 fully saturated rings. The number of nitrogens with zero attached hydrogens (tertiary/aromatic N) is 3. The van der Waals surface area contributed by atoms with Crippen molar-refractivity contribution in [2.45, 2.75) is 6.54 Å². The maximum atomic E-state index is 13.1. The molecule has 1 N–H and O–H groups in total. The molecule has 3 heterocycles. The Hall–Kier alpha value is -3.35. The van der Waals surface area contributed by atoms with E-state index in [9.17, 15) is 4.79 Å². The number of amides is 2. The minimum absolute atomic E-state index is 0.0285. The number of anilines is 1. The highest BCUT2D eigenvalue weighted by Gasteiger charge is 2.23. The predicted molar refractivity (Wildman–Crippen MR) is 131 cm³/mol. The number of urea groups is 1. The van der Waals surface area contributed by atoms with Gasteiger partial charge in [0.15, 0.2) is 0 Å². The molecule has 2 amide bonds. The van der Waals surface area contributed by atoms with Crippen molar-refractivity contribution in [3.8, 4) is 16.8 Å². The number of piperazine rings is 1. The molecule has 0 atom stereocenters. The molecule has 1 aliphatic rings. The number of nitrogens with one attached hydrogen (secondary N) is 1. The molecular weight excluding hydrogens is 416 g/mol. The van der Waals surface area contributed by atoms with E-state index in [1.54, 1.807) is 11.3 Å². The number of hydrogen-bond acceptors (Lipinski definition) is 3. The molecule has 0 aliphatic carbocycles. The topological polar surface area (TPSA) is 40.5 Å². The third-order valence-electron chi connectivity index (χ3n) is 5.84. The molecule has 6 heteroatoms. The van der Waals surface area contributed by atoms with Crippen molar-refractivity contribution in [3.63, 3.8) is 0 Å². The van der Waals surface area contributed by atoms with Crippen molar-refractivity contribution in [3.05, 3.63) is 96.1 Å². The standard InChI is InChI=1S/C26H26N4OS/c31-26(30-17-15-28(16-18-30)19-21-9-3-1-4-10-21)27-25-24(29-13-7-8-14-29)23(20-32-25)22-11-5-2-6-12-22/h1-14,20H,15-19H2,(H,27,31). The number of benzene rings is 2. The van der Waals surface area contributed by atoms with E-state index in [4.69, 9.17) is 0 Å². The fourth-order valence-corrected chi connectivity index (χ4v) is 5.09. The van der Waals surface area contributed by atoms with Crippen molar-refractivity contribution < 1.29 is 4.79 Å². The Balaban J connectivity index is 1.28. The van der Waals surface area contributed by atoms with Crippen LogP contribution in [0.2, 0.25) is 0 Å². The molecule has 4 aromatic rings. The van der Waals surface area contributed by atoms with Crippen LogP contribution in [0.1, 0.15) is 5.56 Å². The quantitative estimate of drug-likeness (QED) is 0.440. The van der Waals surface area contributed by atoms with Gasteiger partial charge in [0.2, 0.25) is 0 Å². The van der Waals surface area contributed by atoms with E-state index in [0.717, 1.165) is 54.5 Å². The predicted octanol–water partition coefficient (Wildman–Crippen LogP) is 5.56. The van der Waals surface area contributed by atoms with E-state index < -0.39 is 0 Å². The van der Waals surface area contributed by atoms with Crippen molar-refractivity contribution >= 4 is 22.4 Å². The van der Waals surface area contributed by atoms with Gasteiger partial charge in [0, 0.05) is 56.1 Å². The lowest BCUT2D eigenvalue weighted by Crippen LogP contribution is -2.49. The molecule has 5 nitrogen and oxygen atoms in total. The Morgan fingerprint density at radius 3 is 2.19 bits per heavy atom. The third kappa shape index (κ3) is 4.47. The summed E-state index contributed by atoms with van der Waals surface area (Å²) in [6, 6.07) is 24.8. The van der Waals surface area contributed by atoms with Crippen LogP contribution in [0.25, 0.3) is 16.8 Å². The molecule has 1 saturated heterocycles. The summed E-state index contributed by atoms with van der Waals surface area (Å²) in [6.45, 7) is 4.15. The van der Waals surface area contributed by atoms with Gasteiger partial charge in [-0.3, -0.25) is 10.2 Å². The first kappa shape index (κ1) is 20.5. The molecule has 162 valence electrons. The van der Waals surface area contributed by atoms with E-state index in [-0.39, 0.29) is 6.03 Å². The molecule has 32 heavy (non-hydrogen) atoms. The van der Waals surface area contributed by atoms with Crippen LogP contribution < -0.4 is 5.32 Å². The van der Waals surface area contributed by atoms with Crippen molar-refractivity contribution in [2.75, 3.05) is 31.5 Å². The molecule has 1 aliphatic heterocycles. The highest BCUT2D eigenvalue weighted by Crippen LogP contribution is 2.38. The summed E-state index contributed by atoms with van der Waals surface area (Å²) in [5.74, 6) is 0. The molecule has 5 rings (SSSR count). The first-order valence-corrected chi connectivity index (χ1v) is 11.8. The van der Waals surface area contributed by atoms with Gasteiger partial charge in [0.25, 0.3) is 0 Å².